The number of hydrogen-bond acceptors (Lipinski definition) is 2. The van der Waals surface area contributed by atoms with E-state index in [0.717, 1.165) is 25.7 Å². The van der Waals surface area contributed by atoms with E-state index in [0.29, 0.717) is 28.0 Å². The number of aromatic nitrogens is 1. The number of rotatable bonds is 3. The van der Waals surface area contributed by atoms with E-state index in [1.54, 1.807) is 12.1 Å². The molecule has 2 saturated carbocycles. The molecular formula is C16H20Cl2N2O. The van der Waals surface area contributed by atoms with Crippen LogP contribution in [0.5, 0.6) is 0 Å². The molecule has 1 amide bonds. The highest BCUT2D eigenvalue weighted by Crippen LogP contribution is 2.33. The Morgan fingerprint density at radius 3 is 2.05 bits per heavy atom. The third-order valence-electron chi connectivity index (χ3n) is 4.69. The normalized spacial score (nSPS) is 20.1. The Hall–Kier alpha value is -0.800. The molecule has 0 spiro atoms. The summed E-state index contributed by atoms with van der Waals surface area (Å²) in [6.07, 6.45) is 9.22. The largest absolute Gasteiger partial charge is 0.331 e. The van der Waals surface area contributed by atoms with Crippen LogP contribution in [-0.4, -0.2) is 27.9 Å². The van der Waals surface area contributed by atoms with E-state index in [1.165, 1.54) is 25.7 Å². The zero-order valence-electron chi connectivity index (χ0n) is 12.0. The van der Waals surface area contributed by atoms with Gasteiger partial charge >= 0.3 is 0 Å². The lowest BCUT2D eigenvalue weighted by Gasteiger charge is -2.34. The zero-order chi connectivity index (χ0) is 14.8. The Bertz CT molecular complexity index is 507. The Morgan fingerprint density at radius 2 is 1.52 bits per heavy atom. The van der Waals surface area contributed by atoms with Crippen LogP contribution in [0.1, 0.15) is 61.9 Å². The van der Waals surface area contributed by atoms with E-state index in [-0.39, 0.29) is 5.91 Å². The third kappa shape index (κ3) is 3.19. The molecule has 0 N–H and O–H groups in total. The number of carbonyl (C=O) groups is 1. The van der Waals surface area contributed by atoms with Gasteiger partial charge in [-0.15, -0.1) is 0 Å². The second-order valence-corrected chi connectivity index (χ2v) is 6.85. The van der Waals surface area contributed by atoms with Crippen molar-refractivity contribution < 1.29 is 4.79 Å². The molecular weight excluding hydrogens is 307 g/mol. The van der Waals surface area contributed by atoms with Gasteiger partial charge in [0.25, 0.3) is 5.91 Å². The van der Waals surface area contributed by atoms with Gasteiger partial charge < -0.3 is 4.90 Å². The number of amides is 1. The highest BCUT2D eigenvalue weighted by Gasteiger charge is 2.35. The lowest BCUT2D eigenvalue weighted by Crippen LogP contribution is -2.45. The summed E-state index contributed by atoms with van der Waals surface area (Å²) in [5.74, 6) is -0.0405. The lowest BCUT2D eigenvalue weighted by atomic mass is 10.1. The van der Waals surface area contributed by atoms with Crippen LogP contribution < -0.4 is 0 Å². The fourth-order valence-electron chi connectivity index (χ4n) is 3.69. The molecule has 0 bridgehead atoms. The van der Waals surface area contributed by atoms with Crippen LogP contribution in [0.3, 0.4) is 0 Å². The first kappa shape index (κ1) is 15.1. The van der Waals surface area contributed by atoms with Gasteiger partial charge in [-0.1, -0.05) is 48.9 Å². The van der Waals surface area contributed by atoms with Crippen LogP contribution in [0.15, 0.2) is 12.1 Å². The maximum atomic E-state index is 13.0. The summed E-state index contributed by atoms with van der Waals surface area (Å²) in [6.45, 7) is 0. The second kappa shape index (κ2) is 6.53. The molecule has 3 nitrogen and oxygen atoms in total. The molecule has 0 aromatic carbocycles. The number of carbonyl (C=O) groups excluding carboxylic acids is 1. The Morgan fingerprint density at radius 1 is 1.00 bits per heavy atom. The van der Waals surface area contributed by atoms with Crippen LogP contribution in [-0.2, 0) is 0 Å². The molecule has 5 heteroatoms. The van der Waals surface area contributed by atoms with E-state index >= 15 is 0 Å². The Kier molecular flexibility index (Phi) is 4.70. The molecule has 0 unspecified atom stereocenters. The minimum Gasteiger partial charge on any atom is -0.331 e. The molecule has 0 aliphatic heterocycles. The van der Waals surface area contributed by atoms with E-state index in [9.17, 15) is 4.79 Å². The average molecular weight is 327 g/mol. The van der Waals surface area contributed by atoms with Crippen molar-refractivity contribution in [2.45, 2.75) is 63.5 Å². The van der Waals surface area contributed by atoms with Gasteiger partial charge in [0.15, 0.2) is 0 Å². The van der Waals surface area contributed by atoms with Gasteiger partial charge in [-0.25, -0.2) is 4.98 Å². The first-order valence-corrected chi connectivity index (χ1v) is 8.57. The van der Waals surface area contributed by atoms with Crippen molar-refractivity contribution in [3.05, 3.63) is 28.0 Å². The van der Waals surface area contributed by atoms with E-state index < -0.39 is 0 Å². The van der Waals surface area contributed by atoms with Crippen LogP contribution in [0.25, 0.3) is 0 Å². The van der Waals surface area contributed by atoms with Gasteiger partial charge in [0, 0.05) is 12.1 Å². The molecule has 2 fully saturated rings. The second-order valence-electron chi connectivity index (χ2n) is 6.05. The lowest BCUT2D eigenvalue weighted by molar-refractivity contribution is 0.0574. The van der Waals surface area contributed by atoms with Gasteiger partial charge in [-0.05, 0) is 37.8 Å². The number of halogens is 2. The van der Waals surface area contributed by atoms with E-state index in [1.807, 2.05) is 0 Å². The molecule has 1 aromatic heterocycles. The average Bonchev–Trinajstić information content (AvgIpc) is 3.15. The molecule has 3 rings (SSSR count). The monoisotopic (exact) mass is 326 g/mol. The molecule has 1 heterocycles. The molecule has 1 aromatic rings. The fraction of sp³-hybridized carbons (Fsp3) is 0.625. The first-order valence-electron chi connectivity index (χ1n) is 7.81. The SMILES string of the molecule is O=C(c1nc(Cl)ccc1Cl)N(C1CCCC1)C1CCCC1. The van der Waals surface area contributed by atoms with Crippen LogP contribution in [0.4, 0.5) is 0 Å². The summed E-state index contributed by atoms with van der Waals surface area (Å²) >= 11 is 12.1. The maximum Gasteiger partial charge on any atom is 0.274 e. The van der Waals surface area contributed by atoms with Crippen molar-refractivity contribution in [1.82, 2.24) is 9.88 Å². The predicted octanol–water partition coefficient (Wildman–Crippen LogP) is 4.72. The van der Waals surface area contributed by atoms with Crippen molar-refractivity contribution in [2.24, 2.45) is 0 Å². The maximum absolute atomic E-state index is 13.0. The van der Waals surface area contributed by atoms with Crippen molar-refractivity contribution in [3.63, 3.8) is 0 Å². The zero-order valence-corrected chi connectivity index (χ0v) is 13.5. The fourth-order valence-corrected chi connectivity index (χ4v) is 4.02. The molecule has 0 atom stereocenters. The highest BCUT2D eigenvalue weighted by molar-refractivity contribution is 6.34. The minimum atomic E-state index is -0.0405. The van der Waals surface area contributed by atoms with Crippen molar-refractivity contribution in [1.29, 1.82) is 0 Å². The molecule has 0 radical (unpaired) electrons. The number of pyridine rings is 1. The Balaban J connectivity index is 1.90. The molecule has 2 aliphatic rings. The van der Waals surface area contributed by atoms with E-state index in [4.69, 9.17) is 23.2 Å². The van der Waals surface area contributed by atoms with Crippen LogP contribution >= 0.6 is 23.2 Å². The molecule has 21 heavy (non-hydrogen) atoms. The van der Waals surface area contributed by atoms with Gasteiger partial charge in [0.05, 0.1) is 5.02 Å². The first-order chi connectivity index (χ1) is 10.2. The number of hydrogen-bond donors (Lipinski definition) is 0. The van der Waals surface area contributed by atoms with Crippen molar-refractivity contribution in [2.75, 3.05) is 0 Å². The molecule has 0 saturated heterocycles. The van der Waals surface area contributed by atoms with Gasteiger partial charge in [0.1, 0.15) is 10.8 Å². The summed E-state index contributed by atoms with van der Waals surface area (Å²) < 4.78 is 0. The quantitative estimate of drug-likeness (QED) is 0.753. The van der Waals surface area contributed by atoms with Crippen LogP contribution in [0.2, 0.25) is 10.2 Å². The molecule has 114 valence electrons. The van der Waals surface area contributed by atoms with Gasteiger partial charge in [-0.2, -0.15) is 0 Å². The molecule has 2 aliphatic carbocycles. The smallest absolute Gasteiger partial charge is 0.274 e. The van der Waals surface area contributed by atoms with Crippen molar-refractivity contribution in [3.8, 4) is 0 Å². The predicted molar refractivity (Wildman–Crippen MR) is 84.9 cm³/mol. The van der Waals surface area contributed by atoms with Crippen LogP contribution in [0, 0.1) is 0 Å². The summed E-state index contributed by atoms with van der Waals surface area (Å²) in [6, 6.07) is 3.97. The minimum absolute atomic E-state index is 0.0405. The van der Waals surface area contributed by atoms with Gasteiger partial charge in [-0.3, -0.25) is 4.79 Å². The summed E-state index contributed by atoms with van der Waals surface area (Å²) in [5, 5.41) is 0.714. The number of nitrogens with zero attached hydrogens (tertiary/aromatic N) is 2. The summed E-state index contributed by atoms with van der Waals surface area (Å²) in [7, 11) is 0. The summed E-state index contributed by atoms with van der Waals surface area (Å²) in [5.41, 5.74) is 0.308. The van der Waals surface area contributed by atoms with Crippen molar-refractivity contribution >= 4 is 29.1 Å². The highest BCUT2D eigenvalue weighted by atomic mass is 35.5. The van der Waals surface area contributed by atoms with E-state index in [2.05, 4.69) is 9.88 Å². The Labute approximate surface area is 135 Å². The summed E-state index contributed by atoms with van der Waals surface area (Å²) in [4.78, 5) is 19.3. The topological polar surface area (TPSA) is 33.2 Å². The van der Waals surface area contributed by atoms with Gasteiger partial charge in [0.2, 0.25) is 0 Å². The third-order valence-corrected chi connectivity index (χ3v) is 5.20. The standard InChI is InChI=1S/C16H20Cl2N2O/c17-13-9-10-14(18)19-15(13)16(21)20(11-5-1-2-6-11)12-7-3-4-8-12/h9-12H,1-8H2.